The fourth-order valence-corrected chi connectivity index (χ4v) is 2.11. The zero-order chi connectivity index (χ0) is 15.1. The monoisotopic (exact) mass is 286 g/mol. The maximum atomic E-state index is 11.8. The Morgan fingerprint density at radius 2 is 2.10 bits per heavy atom. The molecule has 1 heterocycles. The highest BCUT2D eigenvalue weighted by Crippen LogP contribution is 2.07. The molecule has 0 radical (unpaired) electrons. The van der Waals surface area contributed by atoms with Crippen LogP contribution < -0.4 is 10.6 Å². The summed E-state index contributed by atoms with van der Waals surface area (Å²) in [6.07, 6.45) is 4.62. The van der Waals surface area contributed by atoms with E-state index in [0.717, 1.165) is 17.7 Å². The zero-order valence-electron chi connectivity index (χ0n) is 12.5. The van der Waals surface area contributed by atoms with E-state index in [4.69, 9.17) is 0 Å². The van der Waals surface area contributed by atoms with Crippen LogP contribution in [0.2, 0.25) is 0 Å². The number of nitrogens with one attached hydrogen (secondary N) is 2. The van der Waals surface area contributed by atoms with E-state index in [1.807, 2.05) is 61.4 Å². The van der Waals surface area contributed by atoms with Crippen molar-refractivity contribution in [2.45, 2.75) is 13.3 Å². The minimum atomic E-state index is -0.0120. The molecule has 21 heavy (non-hydrogen) atoms. The van der Waals surface area contributed by atoms with Crippen LogP contribution in [0.3, 0.4) is 0 Å². The lowest BCUT2D eigenvalue weighted by atomic mass is 10.1. The van der Waals surface area contributed by atoms with Gasteiger partial charge in [-0.3, -0.25) is 4.79 Å². The fraction of sp³-hybridized carbons (Fsp3) is 0.375. The molecule has 1 aromatic heterocycles. The second-order valence-electron chi connectivity index (χ2n) is 5.13. The topological polar surface area (TPSA) is 59.0 Å². The van der Waals surface area contributed by atoms with E-state index in [0.29, 0.717) is 13.1 Å². The highest BCUT2D eigenvalue weighted by atomic mass is 16.1. The predicted molar refractivity (Wildman–Crippen MR) is 83.4 cm³/mol. The minimum Gasteiger partial charge on any atom is -0.355 e. The number of rotatable bonds is 7. The third-order valence-corrected chi connectivity index (χ3v) is 3.33. The first-order chi connectivity index (χ1) is 10.2. The Balaban J connectivity index is 1.82. The SMILES string of the molecule is CNCC(C)C(=O)NCCc1cnn(-c2ccccc2)c1. The number of nitrogens with zero attached hydrogens (tertiary/aromatic N) is 2. The van der Waals surface area contributed by atoms with Crippen molar-refractivity contribution in [1.82, 2.24) is 20.4 Å². The number of aromatic nitrogens is 2. The summed E-state index contributed by atoms with van der Waals surface area (Å²) in [5.74, 6) is 0.0712. The maximum Gasteiger partial charge on any atom is 0.224 e. The highest BCUT2D eigenvalue weighted by molar-refractivity contribution is 5.78. The Bertz CT molecular complexity index is 565. The fourth-order valence-electron chi connectivity index (χ4n) is 2.11. The summed E-state index contributed by atoms with van der Waals surface area (Å²) < 4.78 is 1.85. The van der Waals surface area contributed by atoms with Gasteiger partial charge in [0.15, 0.2) is 0 Å². The summed E-state index contributed by atoms with van der Waals surface area (Å²) in [5.41, 5.74) is 2.15. The van der Waals surface area contributed by atoms with Gasteiger partial charge in [-0.1, -0.05) is 25.1 Å². The number of carbonyl (C=O) groups excluding carboxylic acids is 1. The van der Waals surface area contributed by atoms with Crippen LogP contribution in [0.25, 0.3) is 5.69 Å². The van der Waals surface area contributed by atoms with Crippen molar-refractivity contribution in [1.29, 1.82) is 0 Å². The smallest absolute Gasteiger partial charge is 0.224 e. The van der Waals surface area contributed by atoms with Crippen molar-refractivity contribution in [3.05, 3.63) is 48.3 Å². The Kier molecular flexibility index (Phi) is 5.51. The normalized spacial score (nSPS) is 12.1. The summed E-state index contributed by atoms with van der Waals surface area (Å²) in [5, 5.41) is 10.3. The minimum absolute atomic E-state index is 0.0120. The molecule has 0 bridgehead atoms. The molecule has 0 fully saturated rings. The molecule has 0 aliphatic rings. The second-order valence-corrected chi connectivity index (χ2v) is 5.13. The molecule has 0 aliphatic heterocycles. The van der Waals surface area contributed by atoms with Crippen LogP contribution in [0.4, 0.5) is 0 Å². The van der Waals surface area contributed by atoms with Gasteiger partial charge in [0, 0.05) is 25.2 Å². The molecule has 1 atom stereocenters. The van der Waals surface area contributed by atoms with Gasteiger partial charge in [-0.15, -0.1) is 0 Å². The summed E-state index contributed by atoms with van der Waals surface area (Å²) in [6, 6.07) is 9.98. The number of benzene rings is 1. The molecule has 0 spiro atoms. The average Bonchev–Trinajstić information content (AvgIpc) is 2.97. The highest BCUT2D eigenvalue weighted by Gasteiger charge is 2.10. The average molecular weight is 286 g/mol. The van der Waals surface area contributed by atoms with Crippen LogP contribution in [-0.4, -0.2) is 35.8 Å². The summed E-state index contributed by atoms with van der Waals surface area (Å²) in [4.78, 5) is 11.8. The van der Waals surface area contributed by atoms with Crippen LogP contribution in [0.1, 0.15) is 12.5 Å². The quantitative estimate of drug-likeness (QED) is 0.808. The Hall–Kier alpha value is -2.14. The third-order valence-electron chi connectivity index (χ3n) is 3.33. The van der Waals surface area contributed by atoms with Crippen LogP contribution in [0.5, 0.6) is 0 Å². The van der Waals surface area contributed by atoms with Gasteiger partial charge in [0.25, 0.3) is 0 Å². The van der Waals surface area contributed by atoms with Crippen molar-refractivity contribution in [2.75, 3.05) is 20.1 Å². The van der Waals surface area contributed by atoms with Crippen molar-refractivity contribution >= 4 is 5.91 Å². The number of hydrogen-bond acceptors (Lipinski definition) is 3. The van der Waals surface area contributed by atoms with Crippen LogP contribution in [0.15, 0.2) is 42.7 Å². The lowest BCUT2D eigenvalue weighted by Gasteiger charge is -2.10. The largest absolute Gasteiger partial charge is 0.355 e. The molecule has 0 saturated heterocycles. The van der Waals surface area contributed by atoms with Gasteiger partial charge >= 0.3 is 0 Å². The maximum absolute atomic E-state index is 11.8. The molecule has 1 aromatic carbocycles. The molecule has 2 aromatic rings. The van der Waals surface area contributed by atoms with E-state index in [-0.39, 0.29) is 11.8 Å². The van der Waals surface area contributed by atoms with Crippen LogP contribution >= 0.6 is 0 Å². The summed E-state index contributed by atoms with van der Waals surface area (Å²) in [7, 11) is 1.85. The number of carbonyl (C=O) groups is 1. The van der Waals surface area contributed by atoms with Gasteiger partial charge in [0.2, 0.25) is 5.91 Å². The molecule has 112 valence electrons. The molecule has 2 N–H and O–H groups in total. The third kappa shape index (κ3) is 4.43. The molecule has 2 rings (SSSR count). The van der Waals surface area contributed by atoms with Crippen LogP contribution in [0, 0.1) is 5.92 Å². The number of hydrogen-bond donors (Lipinski definition) is 2. The van der Waals surface area contributed by atoms with Gasteiger partial charge in [0.1, 0.15) is 0 Å². The van der Waals surface area contributed by atoms with E-state index in [1.165, 1.54) is 0 Å². The second kappa shape index (κ2) is 7.59. The van der Waals surface area contributed by atoms with E-state index in [1.54, 1.807) is 0 Å². The molecule has 5 nitrogen and oxygen atoms in total. The first kappa shape index (κ1) is 15.3. The molecular formula is C16H22N4O. The predicted octanol–water partition coefficient (Wildman–Crippen LogP) is 1.39. The molecule has 1 unspecified atom stereocenters. The summed E-state index contributed by atoms with van der Waals surface area (Å²) >= 11 is 0. The molecule has 1 amide bonds. The van der Waals surface area contributed by atoms with Gasteiger partial charge in [-0.2, -0.15) is 5.10 Å². The molecular weight excluding hydrogens is 264 g/mol. The van der Waals surface area contributed by atoms with Gasteiger partial charge in [-0.05, 0) is 31.2 Å². The van der Waals surface area contributed by atoms with E-state index >= 15 is 0 Å². The Morgan fingerprint density at radius 3 is 2.81 bits per heavy atom. The first-order valence-corrected chi connectivity index (χ1v) is 7.22. The van der Waals surface area contributed by atoms with E-state index in [2.05, 4.69) is 15.7 Å². The Morgan fingerprint density at radius 1 is 1.33 bits per heavy atom. The number of amides is 1. The van der Waals surface area contributed by atoms with Crippen molar-refractivity contribution in [3.63, 3.8) is 0 Å². The number of para-hydroxylation sites is 1. The molecule has 5 heteroatoms. The van der Waals surface area contributed by atoms with E-state index < -0.39 is 0 Å². The standard InChI is InChI=1S/C16H22N4O/c1-13(10-17-2)16(21)18-9-8-14-11-19-20(12-14)15-6-4-3-5-7-15/h3-7,11-13,17H,8-10H2,1-2H3,(H,18,21). The van der Waals surface area contributed by atoms with Gasteiger partial charge < -0.3 is 10.6 Å². The summed E-state index contributed by atoms with van der Waals surface area (Å²) in [6.45, 7) is 3.24. The van der Waals surface area contributed by atoms with Gasteiger partial charge in [-0.25, -0.2) is 4.68 Å². The Labute approximate surface area is 125 Å². The lowest BCUT2D eigenvalue weighted by molar-refractivity contribution is -0.124. The zero-order valence-corrected chi connectivity index (χ0v) is 12.5. The molecule has 0 aliphatic carbocycles. The van der Waals surface area contributed by atoms with Crippen molar-refractivity contribution < 1.29 is 4.79 Å². The van der Waals surface area contributed by atoms with Crippen LogP contribution in [-0.2, 0) is 11.2 Å². The van der Waals surface area contributed by atoms with Crippen molar-refractivity contribution in [3.8, 4) is 5.69 Å². The molecule has 0 saturated carbocycles. The van der Waals surface area contributed by atoms with E-state index in [9.17, 15) is 4.79 Å². The van der Waals surface area contributed by atoms with Crippen molar-refractivity contribution in [2.24, 2.45) is 5.92 Å². The van der Waals surface area contributed by atoms with Gasteiger partial charge in [0.05, 0.1) is 11.9 Å². The lowest BCUT2D eigenvalue weighted by Crippen LogP contribution is -2.35. The first-order valence-electron chi connectivity index (χ1n) is 7.22.